The molecule has 0 aliphatic heterocycles. The second-order valence-corrected chi connectivity index (χ2v) is 6.41. The van der Waals surface area contributed by atoms with Gasteiger partial charge in [0.15, 0.2) is 0 Å². The van der Waals surface area contributed by atoms with Crippen molar-refractivity contribution in [3.05, 3.63) is 94.0 Å². The number of carbonyl (C=O) groups excluding carboxylic acids is 1. The summed E-state index contributed by atoms with van der Waals surface area (Å²) in [6, 6.07) is 19.2. The number of hydrogen-bond donors (Lipinski definition) is 2. The molecule has 3 N–H and O–H groups in total. The molecule has 3 aromatic rings. The molecule has 0 heterocycles. The number of ketones is 1. The van der Waals surface area contributed by atoms with E-state index in [9.17, 15) is 14.9 Å². The largest absolute Gasteiger partial charge is 1.00 e. The molecule has 0 spiro atoms. The van der Waals surface area contributed by atoms with E-state index >= 15 is 0 Å². The quantitative estimate of drug-likeness (QED) is 0.125. The molecule has 0 amide bonds. The first-order valence-corrected chi connectivity index (χ1v) is 9.06. The number of para-hydroxylation sites is 1. The minimum atomic E-state index is -0.502. The third-order valence-electron chi connectivity index (χ3n) is 4.38. The fraction of sp³-hybridized carbons (Fsp3) is 0. The molecule has 0 atom stereocenters. The summed E-state index contributed by atoms with van der Waals surface area (Å²) in [5.41, 5.74) is 11.2. The summed E-state index contributed by atoms with van der Waals surface area (Å²) < 4.78 is 0. The average molecular weight is 456 g/mol. The van der Waals surface area contributed by atoms with E-state index in [0.717, 1.165) is 5.69 Å². The van der Waals surface area contributed by atoms with Crippen molar-refractivity contribution in [1.82, 2.24) is 0 Å². The number of anilines is 2. The summed E-state index contributed by atoms with van der Waals surface area (Å²) in [6.45, 7) is 0. The Bertz CT molecular complexity index is 1260. The number of fused-ring (bicyclic) bond motifs is 1. The van der Waals surface area contributed by atoms with Crippen molar-refractivity contribution in [2.75, 3.05) is 11.2 Å². The number of hydrogen-bond acceptors (Lipinski definition) is 8. The number of azo groups is 1. The number of hydrazone groups is 1. The molecule has 0 unspecified atom stereocenters. The van der Waals surface area contributed by atoms with Gasteiger partial charge < -0.3 is 10.5 Å². The molecule has 9 nitrogen and oxygen atoms in total. The normalized spacial score (nSPS) is 13.2. The van der Waals surface area contributed by atoms with Gasteiger partial charge in [0, 0.05) is 17.8 Å². The summed E-state index contributed by atoms with van der Waals surface area (Å²) in [7, 11) is 0. The number of nitrogens with two attached hydrogens (primary N) is 1. The number of allylic oxidation sites excluding steroid dienone is 1. The van der Waals surface area contributed by atoms with Gasteiger partial charge in [-0.05, 0) is 30.0 Å². The van der Waals surface area contributed by atoms with Crippen LogP contribution in [0.3, 0.4) is 0 Å². The first-order valence-electron chi connectivity index (χ1n) is 9.06. The van der Waals surface area contributed by atoms with E-state index in [-0.39, 0.29) is 87.5 Å². The van der Waals surface area contributed by atoms with Crippen LogP contribution in [-0.2, 0) is 0 Å². The number of non-ortho nitro benzene ring substituents is 1. The van der Waals surface area contributed by atoms with Crippen LogP contribution in [0, 0.1) is 22.3 Å². The summed E-state index contributed by atoms with van der Waals surface area (Å²) in [5.74, 6) is -0.404. The number of nitrogens with zero attached hydrogens (tertiary/aromatic N) is 4. The van der Waals surface area contributed by atoms with Crippen molar-refractivity contribution in [3.8, 4) is 0 Å². The van der Waals surface area contributed by atoms with Crippen LogP contribution in [-0.4, -0.2) is 16.4 Å². The van der Waals surface area contributed by atoms with Gasteiger partial charge in [-0.15, -0.1) is 11.1 Å². The minimum Gasteiger partial charge on any atom is -0.448 e. The van der Waals surface area contributed by atoms with Gasteiger partial charge in [0.05, 0.1) is 22.1 Å². The number of nitrogen functional groups attached to an aromatic ring is 1. The zero-order chi connectivity index (χ0) is 21.8. The molecule has 0 radical (unpaired) electrons. The van der Waals surface area contributed by atoms with Gasteiger partial charge in [-0.1, -0.05) is 23.9 Å². The summed E-state index contributed by atoms with van der Waals surface area (Å²) in [6.07, 6.45) is 4.45. The molecular formula is C22H14N6Na2O3. The smallest absolute Gasteiger partial charge is 0.448 e. The Balaban J connectivity index is 0.00000193. The number of nitro groups is 1. The second-order valence-electron chi connectivity index (χ2n) is 6.41. The van der Waals surface area contributed by atoms with Gasteiger partial charge in [-0.25, -0.2) is 0 Å². The molecule has 0 fully saturated rings. The van der Waals surface area contributed by atoms with Crippen LogP contribution in [0.1, 0.15) is 15.9 Å². The van der Waals surface area contributed by atoms with Gasteiger partial charge in [-0.2, -0.15) is 39.6 Å². The molecule has 1 aliphatic carbocycles. The van der Waals surface area contributed by atoms with E-state index < -0.39 is 10.7 Å². The Morgan fingerprint density at radius 3 is 2.36 bits per heavy atom. The molecule has 0 saturated carbocycles. The second kappa shape index (κ2) is 12.0. The van der Waals surface area contributed by atoms with Gasteiger partial charge in [0.2, 0.25) is 0 Å². The van der Waals surface area contributed by atoms with Crippen LogP contribution in [0.5, 0.6) is 0 Å². The predicted molar refractivity (Wildman–Crippen MR) is 116 cm³/mol. The maximum absolute atomic E-state index is 12.9. The van der Waals surface area contributed by atoms with E-state index in [1.807, 2.05) is 30.3 Å². The zero-order valence-corrected chi connectivity index (χ0v) is 21.9. The fourth-order valence-corrected chi connectivity index (χ4v) is 2.81. The number of nitrogens with one attached hydrogen (secondary N) is 1. The Labute approximate surface area is 233 Å². The SMILES string of the molecule is Nc1c(N=Nc2ccc([N+](=O)[O-])cc2)[c-]cc2c1C(=O)C(=NNc1ccccc1)[C-]=C2.[Na+].[Na+]. The van der Waals surface area contributed by atoms with Crippen LogP contribution in [0.4, 0.5) is 28.4 Å². The number of carbonyl (C=O) groups is 1. The van der Waals surface area contributed by atoms with Crippen LogP contribution in [0.15, 0.2) is 76.0 Å². The van der Waals surface area contributed by atoms with Crippen LogP contribution >= 0.6 is 0 Å². The van der Waals surface area contributed by atoms with Gasteiger partial charge >= 0.3 is 59.1 Å². The van der Waals surface area contributed by atoms with Crippen molar-refractivity contribution >= 4 is 46.0 Å². The summed E-state index contributed by atoms with van der Waals surface area (Å²) in [5, 5.41) is 22.9. The van der Waals surface area contributed by atoms with E-state index in [2.05, 4.69) is 32.9 Å². The molecule has 4 rings (SSSR count). The molecule has 0 aromatic heterocycles. The molecule has 0 saturated heterocycles. The van der Waals surface area contributed by atoms with Crippen LogP contribution in [0.2, 0.25) is 0 Å². The van der Waals surface area contributed by atoms with Crippen molar-refractivity contribution in [2.45, 2.75) is 0 Å². The Hall–Kier alpha value is -2.66. The maximum atomic E-state index is 12.9. The minimum absolute atomic E-state index is 0. The number of Topliss-reactive ketones (excluding diaryl/α,β-unsaturated/α-hetero) is 1. The Morgan fingerprint density at radius 2 is 1.70 bits per heavy atom. The molecular weight excluding hydrogens is 442 g/mol. The van der Waals surface area contributed by atoms with Crippen molar-refractivity contribution in [3.63, 3.8) is 0 Å². The van der Waals surface area contributed by atoms with Crippen molar-refractivity contribution in [2.24, 2.45) is 15.3 Å². The summed E-state index contributed by atoms with van der Waals surface area (Å²) >= 11 is 0. The molecule has 152 valence electrons. The maximum Gasteiger partial charge on any atom is 1.00 e. The summed E-state index contributed by atoms with van der Waals surface area (Å²) in [4.78, 5) is 23.1. The van der Waals surface area contributed by atoms with Gasteiger partial charge in [-0.3, -0.25) is 15.5 Å². The number of rotatable bonds is 5. The number of nitro benzene ring substituents is 1. The third-order valence-corrected chi connectivity index (χ3v) is 4.38. The molecule has 0 bridgehead atoms. The Kier molecular flexibility index (Phi) is 9.66. The van der Waals surface area contributed by atoms with E-state index in [4.69, 9.17) is 5.73 Å². The monoisotopic (exact) mass is 456 g/mol. The van der Waals surface area contributed by atoms with Gasteiger partial charge in [0.25, 0.3) is 5.69 Å². The topological polar surface area (TPSA) is 135 Å². The average Bonchev–Trinajstić information content (AvgIpc) is 2.79. The molecule has 1 aliphatic rings. The first-order chi connectivity index (χ1) is 15.0. The predicted octanol–water partition coefficient (Wildman–Crippen LogP) is -1.12. The van der Waals surface area contributed by atoms with Crippen LogP contribution in [0.25, 0.3) is 6.08 Å². The molecule has 11 heteroatoms. The van der Waals surface area contributed by atoms with E-state index in [1.54, 1.807) is 12.1 Å². The zero-order valence-electron chi connectivity index (χ0n) is 17.9. The molecule has 3 aromatic carbocycles. The fourth-order valence-electron chi connectivity index (χ4n) is 2.81. The Morgan fingerprint density at radius 1 is 1.00 bits per heavy atom. The third kappa shape index (κ3) is 6.23. The number of benzene rings is 3. The van der Waals surface area contributed by atoms with E-state index in [0.29, 0.717) is 11.3 Å². The standard InChI is InChI=1S/C22H14N6O3.2Na/c23-21-18(26-25-16-8-10-17(11-9-16)28(30)31)12-6-14-7-13-19(22(29)20(14)21)27-24-15-4-2-1-3-5-15;;/h1-11,24H,23H2;;/q-2;2*+1. The van der Waals surface area contributed by atoms with Crippen LogP contribution < -0.4 is 70.3 Å². The van der Waals surface area contributed by atoms with Gasteiger partial charge in [0.1, 0.15) is 0 Å². The first kappa shape index (κ1) is 26.6. The van der Waals surface area contributed by atoms with E-state index in [1.165, 1.54) is 24.3 Å². The molecule has 33 heavy (non-hydrogen) atoms. The van der Waals surface area contributed by atoms with Crippen molar-refractivity contribution in [1.29, 1.82) is 0 Å². The van der Waals surface area contributed by atoms with Crippen molar-refractivity contribution < 1.29 is 68.8 Å².